The third-order valence-corrected chi connectivity index (χ3v) is 4.20. The Labute approximate surface area is 127 Å². The number of piperazine rings is 1. The maximum atomic E-state index is 12.0. The van der Waals surface area contributed by atoms with Crippen molar-refractivity contribution in [1.29, 1.82) is 0 Å². The number of ketones is 1. The van der Waals surface area contributed by atoms with Crippen LogP contribution in [0.15, 0.2) is 0 Å². The van der Waals surface area contributed by atoms with Crippen LogP contribution in [0.2, 0.25) is 0 Å². The van der Waals surface area contributed by atoms with Crippen LogP contribution in [0.4, 0.5) is 4.79 Å². The maximum absolute atomic E-state index is 12.0. The number of Topliss-reactive ketones (excluding diaryl/α,β-unsaturated/α-hetero) is 1. The van der Waals surface area contributed by atoms with E-state index in [9.17, 15) is 9.59 Å². The molecular formula is C16H28N2O3. The van der Waals surface area contributed by atoms with Gasteiger partial charge in [0.05, 0.1) is 0 Å². The molecule has 0 atom stereocenters. The van der Waals surface area contributed by atoms with Crippen LogP contribution in [0.25, 0.3) is 0 Å². The minimum absolute atomic E-state index is 0.203. The summed E-state index contributed by atoms with van der Waals surface area (Å²) in [4.78, 5) is 27.5. The molecule has 2 aliphatic rings. The van der Waals surface area contributed by atoms with E-state index in [0.29, 0.717) is 11.7 Å². The van der Waals surface area contributed by atoms with E-state index >= 15 is 0 Å². The molecule has 0 radical (unpaired) electrons. The first-order valence-electron chi connectivity index (χ1n) is 8.05. The molecule has 1 amide bonds. The molecule has 0 aromatic carbocycles. The second-order valence-electron chi connectivity index (χ2n) is 7.25. The third kappa shape index (κ3) is 5.30. The predicted octanol–water partition coefficient (Wildman–Crippen LogP) is 2.30. The minimum atomic E-state index is -0.428. The summed E-state index contributed by atoms with van der Waals surface area (Å²) in [5.41, 5.74) is -0.428. The molecule has 1 saturated heterocycles. The van der Waals surface area contributed by atoms with E-state index in [1.807, 2.05) is 20.8 Å². The molecule has 2 fully saturated rings. The van der Waals surface area contributed by atoms with Crippen molar-refractivity contribution in [3.8, 4) is 0 Å². The van der Waals surface area contributed by atoms with E-state index in [1.54, 1.807) is 4.90 Å². The van der Waals surface area contributed by atoms with E-state index in [1.165, 1.54) is 0 Å². The molecule has 0 spiro atoms. The molecule has 1 saturated carbocycles. The summed E-state index contributed by atoms with van der Waals surface area (Å²) in [5, 5.41) is 0. The number of nitrogens with zero attached hydrogens (tertiary/aromatic N) is 2. The topological polar surface area (TPSA) is 49.9 Å². The first kappa shape index (κ1) is 16.3. The summed E-state index contributed by atoms with van der Waals surface area (Å²) in [5.74, 6) is 1.07. The summed E-state index contributed by atoms with van der Waals surface area (Å²) in [7, 11) is 0. The molecule has 120 valence electrons. The van der Waals surface area contributed by atoms with Gasteiger partial charge in [-0.05, 0) is 39.5 Å². The van der Waals surface area contributed by atoms with Crippen molar-refractivity contribution in [2.75, 3.05) is 32.7 Å². The average molecular weight is 296 g/mol. The van der Waals surface area contributed by atoms with Crippen molar-refractivity contribution in [2.24, 2.45) is 5.92 Å². The molecule has 0 aromatic heterocycles. The standard InChI is InChI=1S/C16H28N2O3/c1-16(2,3)21-15(20)18-10-8-17(9-11-18)12-13-4-6-14(19)7-5-13/h13H,4-12H2,1-3H3. The van der Waals surface area contributed by atoms with Crippen LogP contribution in [0, 0.1) is 5.92 Å². The Morgan fingerprint density at radius 2 is 1.71 bits per heavy atom. The molecule has 1 heterocycles. The van der Waals surface area contributed by atoms with Crippen molar-refractivity contribution < 1.29 is 14.3 Å². The zero-order chi connectivity index (χ0) is 15.5. The largest absolute Gasteiger partial charge is 0.444 e. The van der Waals surface area contributed by atoms with Gasteiger partial charge in [-0.15, -0.1) is 0 Å². The minimum Gasteiger partial charge on any atom is -0.444 e. The number of ether oxygens (including phenoxy) is 1. The van der Waals surface area contributed by atoms with Crippen molar-refractivity contribution in [3.05, 3.63) is 0 Å². The van der Waals surface area contributed by atoms with Gasteiger partial charge in [-0.1, -0.05) is 0 Å². The number of carbonyl (C=O) groups excluding carboxylic acids is 2. The van der Waals surface area contributed by atoms with Gasteiger partial charge in [0.15, 0.2) is 0 Å². The summed E-state index contributed by atoms with van der Waals surface area (Å²) in [6.07, 6.45) is 3.37. The maximum Gasteiger partial charge on any atom is 0.410 e. The Balaban J connectivity index is 1.71. The van der Waals surface area contributed by atoms with E-state index < -0.39 is 5.60 Å². The van der Waals surface area contributed by atoms with Crippen LogP contribution < -0.4 is 0 Å². The van der Waals surface area contributed by atoms with Gasteiger partial charge >= 0.3 is 6.09 Å². The van der Waals surface area contributed by atoms with Crippen molar-refractivity contribution >= 4 is 11.9 Å². The Bertz CT molecular complexity index is 371. The summed E-state index contributed by atoms with van der Waals surface area (Å²) >= 11 is 0. The Kier molecular flexibility index (Phi) is 5.25. The fourth-order valence-corrected chi connectivity index (χ4v) is 2.99. The number of carbonyl (C=O) groups is 2. The molecule has 1 aliphatic heterocycles. The highest BCUT2D eigenvalue weighted by Gasteiger charge is 2.27. The van der Waals surface area contributed by atoms with Crippen molar-refractivity contribution in [3.63, 3.8) is 0 Å². The van der Waals surface area contributed by atoms with Gasteiger partial charge in [0, 0.05) is 45.6 Å². The highest BCUT2D eigenvalue weighted by molar-refractivity contribution is 5.79. The van der Waals surface area contributed by atoms with Gasteiger partial charge in [-0.2, -0.15) is 0 Å². The first-order valence-corrected chi connectivity index (χ1v) is 8.05. The van der Waals surface area contributed by atoms with Crippen molar-refractivity contribution in [1.82, 2.24) is 9.80 Å². The normalized spacial score (nSPS) is 22.4. The number of amides is 1. The lowest BCUT2D eigenvalue weighted by Crippen LogP contribution is -2.51. The molecule has 5 nitrogen and oxygen atoms in total. The molecule has 5 heteroatoms. The predicted molar refractivity (Wildman–Crippen MR) is 81.2 cm³/mol. The molecule has 2 rings (SSSR count). The van der Waals surface area contributed by atoms with Gasteiger partial charge in [-0.25, -0.2) is 4.79 Å². The highest BCUT2D eigenvalue weighted by Crippen LogP contribution is 2.23. The van der Waals surface area contributed by atoms with Gasteiger partial charge in [0.1, 0.15) is 11.4 Å². The first-order chi connectivity index (χ1) is 9.83. The number of hydrogen-bond donors (Lipinski definition) is 0. The summed E-state index contributed by atoms with van der Waals surface area (Å²) in [6, 6.07) is 0. The monoisotopic (exact) mass is 296 g/mol. The second-order valence-corrected chi connectivity index (χ2v) is 7.25. The van der Waals surface area contributed by atoms with E-state index in [0.717, 1.165) is 58.4 Å². The molecule has 0 unspecified atom stereocenters. The zero-order valence-electron chi connectivity index (χ0n) is 13.6. The molecule has 0 aromatic rings. The fraction of sp³-hybridized carbons (Fsp3) is 0.875. The van der Waals surface area contributed by atoms with Crippen LogP contribution in [0.1, 0.15) is 46.5 Å². The Morgan fingerprint density at radius 1 is 1.14 bits per heavy atom. The SMILES string of the molecule is CC(C)(C)OC(=O)N1CCN(CC2CCC(=O)CC2)CC1. The van der Waals surface area contributed by atoms with Crippen LogP contribution in [-0.2, 0) is 9.53 Å². The third-order valence-electron chi connectivity index (χ3n) is 4.20. The summed E-state index contributed by atoms with van der Waals surface area (Å²) in [6.45, 7) is 10.0. The summed E-state index contributed by atoms with van der Waals surface area (Å²) < 4.78 is 5.41. The Hall–Kier alpha value is -1.10. The van der Waals surface area contributed by atoms with Gasteiger partial charge in [0.2, 0.25) is 0 Å². The van der Waals surface area contributed by atoms with E-state index in [2.05, 4.69) is 4.90 Å². The molecule has 21 heavy (non-hydrogen) atoms. The van der Waals surface area contributed by atoms with Crippen LogP contribution in [0.5, 0.6) is 0 Å². The smallest absolute Gasteiger partial charge is 0.410 e. The molecule has 1 aliphatic carbocycles. The quantitative estimate of drug-likeness (QED) is 0.784. The molecular weight excluding hydrogens is 268 g/mol. The van der Waals surface area contributed by atoms with E-state index in [-0.39, 0.29) is 6.09 Å². The van der Waals surface area contributed by atoms with Crippen LogP contribution >= 0.6 is 0 Å². The van der Waals surface area contributed by atoms with Gasteiger partial charge in [-0.3, -0.25) is 9.69 Å². The lowest BCUT2D eigenvalue weighted by atomic mass is 9.88. The highest BCUT2D eigenvalue weighted by atomic mass is 16.6. The Morgan fingerprint density at radius 3 is 2.24 bits per heavy atom. The van der Waals surface area contributed by atoms with Crippen LogP contribution in [0.3, 0.4) is 0 Å². The lowest BCUT2D eigenvalue weighted by molar-refractivity contribution is -0.121. The number of hydrogen-bond acceptors (Lipinski definition) is 4. The van der Waals surface area contributed by atoms with Crippen LogP contribution in [-0.4, -0.2) is 60.0 Å². The van der Waals surface area contributed by atoms with Gasteiger partial charge < -0.3 is 9.64 Å². The van der Waals surface area contributed by atoms with Crippen molar-refractivity contribution in [2.45, 2.75) is 52.1 Å². The van der Waals surface area contributed by atoms with E-state index in [4.69, 9.17) is 4.74 Å². The number of rotatable bonds is 2. The lowest BCUT2D eigenvalue weighted by Gasteiger charge is -2.37. The second kappa shape index (κ2) is 6.77. The zero-order valence-corrected chi connectivity index (χ0v) is 13.6. The fourth-order valence-electron chi connectivity index (χ4n) is 2.99. The average Bonchev–Trinajstić information content (AvgIpc) is 2.40. The molecule has 0 bridgehead atoms. The molecule has 0 N–H and O–H groups in total. The van der Waals surface area contributed by atoms with Gasteiger partial charge in [0.25, 0.3) is 0 Å².